The van der Waals surface area contributed by atoms with Crippen molar-refractivity contribution >= 4 is 17.6 Å². The van der Waals surface area contributed by atoms with Gasteiger partial charge in [-0.1, -0.05) is 12.1 Å². The zero-order valence-electron chi connectivity index (χ0n) is 17.0. The second kappa shape index (κ2) is 7.43. The Labute approximate surface area is 170 Å². The monoisotopic (exact) mass is 400 g/mol. The molecule has 4 fully saturated rings. The van der Waals surface area contributed by atoms with Crippen molar-refractivity contribution in [1.29, 1.82) is 0 Å². The van der Waals surface area contributed by atoms with Gasteiger partial charge in [-0.3, -0.25) is 14.9 Å². The van der Waals surface area contributed by atoms with Crippen LogP contribution in [0.15, 0.2) is 18.2 Å². The van der Waals surface area contributed by atoms with Gasteiger partial charge in [-0.05, 0) is 81.6 Å². The molecule has 5 rings (SSSR count). The summed E-state index contributed by atoms with van der Waals surface area (Å²) in [5.74, 6) is 1.18. The third kappa shape index (κ3) is 3.74. The van der Waals surface area contributed by atoms with Gasteiger partial charge in [0.05, 0.1) is 4.92 Å². The predicted octanol–water partition coefficient (Wildman–Crippen LogP) is 3.78. The minimum atomic E-state index is -0.849. The van der Waals surface area contributed by atoms with Crippen molar-refractivity contribution < 1.29 is 19.2 Å². The first-order chi connectivity index (χ1) is 13.8. The van der Waals surface area contributed by atoms with E-state index in [1.807, 2.05) is 0 Å². The highest BCUT2D eigenvalue weighted by Crippen LogP contribution is 2.61. The van der Waals surface area contributed by atoms with Crippen molar-refractivity contribution in [3.8, 4) is 0 Å². The molecule has 156 valence electrons. The number of benzene rings is 1. The lowest BCUT2D eigenvalue weighted by atomic mass is 9.48. The molecule has 4 aliphatic rings. The third-order valence-corrected chi connectivity index (χ3v) is 7.36. The van der Waals surface area contributed by atoms with Crippen LogP contribution in [-0.4, -0.2) is 29.4 Å². The van der Waals surface area contributed by atoms with Crippen molar-refractivity contribution in [3.05, 3.63) is 39.4 Å². The fourth-order valence-corrected chi connectivity index (χ4v) is 6.42. The smallest absolute Gasteiger partial charge is 0.345 e. The molecule has 0 aromatic heterocycles. The van der Waals surface area contributed by atoms with Crippen LogP contribution in [0.5, 0.6) is 0 Å². The van der Waals surface area contributed by atoms with E-state index in [2.05, 4.69) is 12.2 Å². The maximum atomic E-state index is 12.4. The highest BCUT2D eigenvalue weighted by molar-refractivity contribution is 5.95. The molecule has 4 aliphatic carbocycles. The Balaban J connectivity index is 1.36. The number of nitro groups is 1. The lowest BCUT2D eigenvalue weighted by molar-refractivity contribution is -0.385. The van der Waals surface area contributed by atoms with Gasteiger partial charge in [-0.25, -0.2) is 4.79 Å². The molecule has 4 saturated carbocycles. The third-order valence-electron chi connectivity index (χ3n) is 7.36. The topological polar surface area (TPSA) is 98.5 Å². The van der Waals surface area contributed by atoms with E-state index in [1.165, 1.54) is 44.6 Å². The summed E-state index contributed by atoms with van der Waals surface area (Å²) in [5, 5.41) is 14.3. The largest absolute Gasteiger partial charge is 0.452 e. The molecular formula is C22H28N2O5. The van der Waals surface area contributed by atoms with Crippen LogP contribution >= 0.6 is 0 Å². The fraction of sp³-hybridized carbons (Fsp3) is 0.636. The first-order valence-electron chi connectivity index (χ1n) is 10.5. The van der Waals surface area contributed by atoms with Crippen molar-refractivity contribution in [1.82, 2.24) is 5.32 Å². The van der Waals surface area contributed by atoms with Gasteiger partial charge in [-0.15, -0.1) is 0 Å². The van der Waals surface area contributed by atoms with Crippen molar-refractivity contribution in [2.24, 2.45) is 23.2 Å². The summed E-state index contributed by atoms with van der Waals surface area (Å²) < 4.78 is 5.10. The molecule has 1 N–H and O–H groups in total. The van der Waals surface area contributed by atoms with E-state index in [4.69, 9.17) is 4.74 Å². The molecule has 4 bridgehead atoms. The van der Waals surface area contributed by atoms with Crippen LogP contribution in [-0.2, 0) is 9.53 Å². The first-order valence-corrected chi connectivity index (χ1v) is 10.5. The highest BCUT2D eigenvalue weighted by atomic mass is 16.6. The Morgan fingerprint density at radius 3 is 2.34 bits per heavy atom. The van der Waals surface area contributed by atoms with Gasteiger partial charge < -0.3 is 10.1 Å². The lowest BCUT2D eigenvalue weighted by Crippen LogP contribution is -2.56. The Bertz CT molecular complexity index is 814. The highest BCUT2D eigenvalue weighted by Gasteiger charge is 2.53. The second-order valence-corrected chi connectivity index (χ2v) is 9.37. The summed E-state index contributed by atoms with van der Waals surface area (Å²) in [6, 6.07) is 4.52. The van der Waals surface area contributed by atoms with Crippen molar-refractivity contribution in [2.75, 3.05) is 6.61 Å². The van der Waals surface area contributed by atoms with E-state index in [-0.39, 0.29) is 28.6 Å². The SMILES string of the molecule is Cc1cccc(C(=O)OCC(=O)N[C@@H](C)C23CC4CC(CC(C4)C2)C3)c1[N+](=O)[O-]. The standard InChI is InChI=1S/C22H28N2O5/c1-13-4-3-5-18(20(13)24(27)28)21(26)29-12-19(25)23-14(2)22-9-15-6-16(10-22)8-17(7-15)11-22/h3-5,14-17H,6-12H2,1-2H3,(H,23,25)/t14-,15?,16?,17?,22?/m0/s1. The number of esters is 1. The average Bonchev–Trinajstić information content (AvgIpc) is 2.64. The number of nitro benzene ring substituents is 1. The van der Waals surface area contributed by atoms with E-state index in [0.717, 1.165) is 17.8 Å². The normalized spacial score (nSPS) is 30.6. The molecule has 1 atom stereocenters. The molecule has 1 amide bonds. The number of aryl methyl sites for hydroxylation is 1. The van der Waals surface area contributed by atoms with Crippen LogP contribution in [0, 0.1) is 40.2 Å². The number of ether oxygens (including phenoxy) is 1. The molecule has 1 aromatic rings. The number of para-hydroxylation sites is 1. The van der Waals surface area contributed by atoms with Crippen LogP contribution < -0.4 is 5.32 Å². The second-order valence-electron chi connectivity index (χ2n) is 9.37. The van der Waals surface area contributed by atoms with Crippen LogP contribution in [0.4, 0.5) is 5.69 Å². The quantitative estimate of drug-likeness (QED) is 0.445. The number of hydrogen-bond acceptors (Lipinski definition) is 5. The average molecular weight is 400 g/mol. The van der Waals surface area contributed by atoms with E-state index < -0.39 is 17.5 Å². The molecule has 29 heavy (non-hydrogen) atoms. The molecule has 0 heterocycles. The Hall–Kier alpha value is -2.44. The molecule has 0 radical (unpaired) electrons. The van der Waals surface area contributed by atoms with Gasteiger partial charge in [0.2, 0.25) is 0 Å². The van der Waals surface area contributed by atoms with Gasteiger partial charge in [0.1, 0.15) is 5.56 Å². The first kappa shape index (κ1) is 19.9. The zero-order chi connectivity index (χ0) is 20.8. The Morgan fingerprint density at radius 1 is 1.21 bits per heavy atom. The van der Waals surface area contributed by atoms with E-state index >= 15 is 0 Å². The minimum absolute atomic E-state index is 0.0374. The summed E-state index contributed by atoms with van der Waals surface area (Å²) in [6.45, 7) is 3.20. The summed E-state index contributed by atoms with van der Waals surface area (Å²) in [4.78, 5) is 35.4. The number of hydrogen-bond donors (Lipinski definition) is 1. The van der Waals surface area contributed by atoms with Crippen molar-refractivity contribution in [3.63, 3.8) is 0 Å². The molecule has 1 aromatic carbocycles. The lowest BCUT2D eigenvalue weighted by Gasteiger charge is -2.59. The number of nitrogens with one attached hydrogen (secondary N) is 1. The van der Waals surface area contributed by atoms with Crippen LogP contribution in [0.1, 0.15) is 61.4 Å². The van der Waals surface area contributed by atoms with Crippen LogP contribution in [0.3, 0.4) is 0 Å². The van der Waals surface area contributed by atoms with Gasteiger partial charge in [0.25, 0.3) is 11.6 Å². The number of amides is 1. The van der Waals surface area contributed by atoms with E-state index in [9.17, 15) is 19.7 Å². The summed E-state index contributed by atoms with van der Waals surface area (Å²) in [6.07, 6.45) is 7.55. The number of nitrogens with zero attached hydrogens (tertiary/aromatic N) is 1. The van der Waals surface area contributed by atoms with Crippen LogP contribution in [0.25, 0.3) is 0 Å². The molecule has 0 spiro atoms. The summed E-state index contributed by atoms with van der Waals surface area (Å²) in [5.41, 5.74) is 0.144. The molecular weight excluding hydrogens is 372 g/mol. The minimum Gasteiger partial charge on any atom is -0.452 e. The fourth-order valence-electron chi connectivity index (χ4n) is 6.42. The van der Waals surface area contributed by atoms with E-state index in [0.29, 0.717) is 5.56 Å². The molecule has 7 nitrogen and oxygen atoms in total. The molecule has 0 aliphatic heterocycles. The number of rotatable bonds is 6. The van der Waals surface area contributed by atoms with Gasteiger partial charge >= 0.3 is 5.97 Å². The molecule has 7 heteroatoms. The van der Waals surface area contributed by atoms with Gasteiger partial charge in [-0.2, -0.15) is 0 Å². The maximum Gasteiger partial charge on any atom is 0.345 e. The maximum absolute atomic E-state index is 12.4. The summed E-state index contributed by atoms with van der Waals surface area (Å²) >= 11 is 0. The van der Waals surface area contributed by atoms with Gasteiger partial charge in [0, 0.05) is 11.6 Å². The summed E-state index contributed by atoms with van der Waals surface area (Å²) in [7, 11) is 0. The number of carbonyl (C=O) groups is 2. The zero-order valence-corrected chi connectivity index (χ0v) is 17.0. The Morgan fingerprint density at radius 2 is 1.79 bits per heavy atom. The van der Waals surface area contributed by atoms with Gasteiger partial charge in [0.15, 0.2) is 6.61 Å². The molecule has 0 unspecified atom stereocenters. The Kier molecular flexibility index (Phi) is 5.09. The predicted molar refractivity (Wildman–Crippen MR) is 106 cm³/mol. The van der Waals surface area contributed by atoms with Crippen LogP contribution in [0.2, 0.25) is 0 Å². The number of carbonyl (C=O) groups excluding carboxylic acids is 2. The van der Waals surface area contributed by atoms with Crippen molar-refractivity contribution in [2.45, 2.75) is 58.4 Å². The molecule has 0 saturated heterocycles. The van der Waals surface area contributed by atoms with E-state index in [1.54, 1.807) is 19.1 Å².